The van der Waals surface area contributed by atoms with Crippen LogP contribution in [0.3, 0.4) is 0 Å². The number of halogens is 1. The minimum Gasteiger partial charge on any atom is -0.496 e. The SMILES string of the molecule is COc1ccc(-c2cc(C=O)ccc2F)cc1C. The minimum atomic E-state index is -0.342. The second-order valence-corrected chi connectivity index (χ2v) is 4.04. The van der Waals surface area contributed by atoms with Crippen molar-refractivity contribution in [3.05, 3.63) is 53.3 Å². The fourth-order valence-electron chi connectivity index (χ4n) is 1.88. The molecule has 18 heavy (non-hydrogen) atoms. The van der Waals surface area contributed by atoms with Gasteiger partial charge in [0.1, 0.15) is 17.9 Å². The first-order chi connectivity index (χ1) is 8.65. The molecule has 0 fully saturated rings. The number of aldehydes is 1. The maximum atomic E-state index is 13.8. The Morgan fingerprint density at radius 1 is 1.17 bits per heavy atom. The van der Waals surface area contributed by atoms with Crippen LogP contribution in [0.2, 0.25) is 0 Å². The van der Waals surface area contributed by atoms with Crippen LogP contribution in [0.5, 0.6) is 5.75 Å². The lowest BCUT2D eigenvalue weighted by molar-refractivity contribution is 0.112. The van der Waals surface area contributed by atoms with E-state index in [1.54, 1.807) is 25.3 Å². The van der Waals surface area contributed by atoms with E-state index in [9.17, 15) is 9.18 Å². The molecule has 0 saturated carbocycles. The van der Waals surface area contributed by atoms with E-state index < -0.39 is 0 Å². The van der Waals surface area contributed by atoms with Gasteiger partial charge < -0.3 is 4.74 Å². The second-order valence-electron chi connectivity index (χ2n) is 4.04. The predicted octanol–water partition coefficient (Wildman–Crippen LogP) is 3.62. The van der Waals surface area contributed by atoms with Crippen molar-refractivity contribution in [1.29, 1.82) is 0 Å². The Hall–Kier alpha value is -2.16. The second kappa shape index (κ2) is 5.00. The third kappa shape index (κ3) is 2.25. The van der Waals surface area contributed by atoms with E-state index in [4.69, 9.17) is 4.74 Å². The highest BCUT2D eigenvalue weighted by Crippen LogP contribution is 2.28. The summed E-state index contributed by atoms with van der Waals surface area (Å²) in [7, 11) is 1.59. The fraction of sp³-hybridized carbons (Fsp3) is 0.133. The van der Waals surface area contributed by atoms with E-state index >= 15 is 0 Å². The molecule has 2 aromatic carbocycles. The Balaban J connectivity index is 2.54. The fourth-order valence-corrected chi connectivity index (χ4v) is 1.88. The summed E-state index contributed by atoms with van der Waals surface area (Å²) in [6, 6.07) is 9.72. The zero-order chi connectivity index (χ0) is 13.1. The van der Waals surface area contributed by atoms with E-state index in [-0.39, 0.29) is 5.82 Å². The number of benzene rings is 2. The summed E-state index contributed by atoms with van der Waals surface area (Å²) in [4.78, 5) is 10.7. The average molecular weight is 244 g/mol. The lowest BCUT2D eigenvalue weighted by Gasteiger charge is -2.08. The van der Waals surface area contributed by atoms with Gasteiger partial charge in [0.05, 0.1) is 7.11 Å². The molecule has 2 aromatic rings. The molecular weight excluding hydrogens is 231 g/mol. The van der Waals surface area contributed by atoms with E-state index in [1.165, 1.54) is 12.1 Å². The Bertz CT molecular complexity index is 591. The van der Waals surface area contributed by atoms with Crippen LogP contribution in [-0.4, -0.2) is 13.4 Å². The third-order valence-corrected chi connectivity index (χ3v) is 2.83. The smallest absolute Gasteiger partial charge is 0.150 e. The lowest BCUT2D eigenvalue weighted by atomic mass is 10.0. The van der Waals surface area contributed by atoms with Gasteiger partial charge in [0.2, 0.25) is 0 Å². The van der Waals surface area contributed by atoms with Crippen molar-refractivity contribution in [3.8, 4) is 16.9 Å². The molecule has 0 atom stereocenters. The van der Waals surface area contributed by atoms with Crippen molar-refractivity contribution in [2.45, 2.75) is 6.92 Å². The number of methoxy groups -OCH3 is 1. The molecule has 3 heteroatoms. The highest BCUT2D eigenvalue weighted by Gasteiger charge is 2.08. The van der Waals surface area contributed by atoms with Gasteiger partial charge in [-0.15, -0.1) is 0 Å². The van der Waals surface area contributed by atoms with E-state index in [0.29, 0.717) is 17.4 Å². The van der Waals surface area contributed by atoms with Gasteiger partial charge in [-0.05, 0) is 48.4 Å². The zero-order valence-corrected chi connectivity index (χ0v) is 10.2. The molecule has 0 N–H and O–H groups in total. The maximum Gasteiger partial charge on any atom is 0.150 e. The standard InChI is InChI=1S/C15H13FO2/c1-10-7-12(4-6-15(10)18-2)13-8-11(9-17)3-5-14(13)16/h3-9H,1-2H3. The normalized spacial score (nSPS) is 10.2. The Morgan fingerprint density at radius 3 is 2.56 bits per heavy atom. The number of hydrogen-bond acceptors (Lipinski definition) is 2. The van der Waals surface area contributed by atoms with Gasteiger partial charge in [0.25, 0.3) is 0 Å². The average Bonchev–Trinajstić information content (AvgIpc) is 2.39. The molecule has 0 heterocycles. The van der Waals surface area contributed by atoms with Crippen LogP contribution < -0.4 is 4.74 Å². The van der Waals surface area contributed by atoms with Gasteiger partial charge in [-0.1, -0.05) is 6.07 Å². The van der Waals surface area contributed by atoms with Gasteiger partial charge in [-0.3, -0.25) is 4.79 Å². The van der Waals surface area contributed by atoms with Crippen molar-refractivity contribution >= 4 is 6.29 Å². The number of ether oxygens (including phenoxy) is 1. The molecule has 2 rings (SSSR count). The molecule has 0 spiro atoms. The molecular formula is C15H13FO2. The minimum absolute atomic E-state index is 0.342. The van der Waals surface area contributed by atoms with Crippen molar-refractivity contribution in [2.75, 3.05) is 7.11 Å². The molecule has 0 aliphatic carbocycles. The number of hydrogen-bond donors (Lipinski definition) is 0. The molecule has 0 bridgehead atoms. The molecule has 2 nitrogen and oxygen atoms in total. The number of aryl methyl sites for hydroxylation is 1. The first-order valence-electron chi connectivity index (χ1n) is 5.55. The number of rotatable bonds is 3. The topological polar surface area (TPSA) is 26.3 Å². The molecule has 0 unspecified atom stereocenters. The Kier molecular flexibility index (Phi) is 3.42. The van der Waals surface area contributed by atoms with Crippen LogP contribution >= 0.6 is 0 Å². The van der Waals surface area contributed by atoms with Crippen LogP contribution in [0.25, 0.3) is 11.1 Å². The summed E-state index contributed by atoms with van der Waals surface area (Å²) in [6.07, 6.45) is 0.708. The van der Waals surface area contributed by atoms with Crippen LogP contribution in [0.1, 0.15) is 15.9 Å². The monoisotopic (exact) mass is 244 g/mol. The quantitative estimate of drug-likeness (QED) is 0.771. The summed E-state index contributed by atoms with van der Waals surface area (Å²) in [6.45, 7) is 1.89. The van der Waals surface area contributed by atoms with Crippen LogP contribution in [-0.2, 0) is 0 Å². The van der Waals surface area contributed by atoms with Crippen molar-refractivity contribution in [1.82, 2.24) is 0 Å². The number of carbonyl (C=O) groups is 1. The predicted molar refractivity (Wildman–Crippen MR) is 68.5 cm³/mol. The zero-order valence-electron chi connectivity index (χ0n) is 10.2. The first kappa shape index (κ1) is 12.3. The van der Waals surface area contributed by atoms with Crippen LogP contribution in [0, 0.1) is 12.7 Å². The largest absolute Gasteiger partial charge is 0.496 e. The molecule has 0 aliphatic heterocycles. The summed E-state index contributed by atoms with van der Waals surface area (Å²) in [5, 5.41) is 0. The van der Waals surface area contributed by atoms with Crippen LogP contribution in [0.4, 0.5) is 4.39 Å². The molecule has 92 valence electrons. The summed E-state index contributed by atoms with van der Waals surface area (Å²) < 4.78 is 18.9. The molecule has 0 aromatic heterocycles. The van der Waals surface area contributed by atoms with Crippen molar-refractivity contribution in [2.24, 2.45) is 0 Å². The van der Waals surface area contributed by atoms with Crippen LogP contribution in [0.15, 0.2) is 36.4 Å². The van der Waals surface area contributed by atoms with Crippen molar-refractivity contribution < 1.29 is 13.9 Å². The molecule has 0 amide bonds. The molecule has 0 radical (unpaired) electrons. The first-order valence-corrected chi connectivity index (χ1v) is 5.55. The van der Waals surface area contributed by atoms with E-state index in [0.717, 1.165) is 16.9 Å². The molecule has 0 aliphatic rings. The van der Waals surface area contributed by atoms with Crippen molar-refractivity contribution in [3.63, 3.8) is 0 Å². The summed E-state index contributed by atoms with van der Waals surface area (Å²) in [5.41, 5.74) is 2.53. The van der Waals surface area contributed by atoms with E-state index in [2.05, 4.69) is 0 Å². The Labute approximate surface area is 105 Å². The van der Waals surface area contributed by atoms with Gasteiger partial charge in [-0.2, -0.15) is 0 Å². The number of carbonyl (C=O) groups excluding carboxylic acids is 1. The van der Waals surface area contributed by atoms with Gasteiger partial charge in [0.15, 0.2) is 0 Å². The lowest BCUT2D eigenvalue weighted by Crippen LogP contribution is -1.91. The maximum absolute atomic E-state index is 13.8. The van der Waals surface area contributed by atoms with Gasteiger partial charge in [0, 0.05) is 11.1 Å². The van der Waals surface area contributed by atoms with Gasteiger partial charge >= 0.3 is 0 Å². The summed E-state index contributed by atoms with van der Waals surface area (Å²) >= 11 is 0. The highest BCUT2D eigenvalue weighted by molar-refractivity contribution is 5.79. The van der Waals surface area contributed by atoms with Gasteiger partial charge in [-0.25, -0.2) is 4.39 Å². The van der Waals surface area contributed by atoms with E-state index in [1.807, 2.05) is 13.0 Å². The summed E-state index contributed by atoms with van der Waals surface area (Å²) in [5.74, 6) is 0.413. The Morgan fingerprint density at radius 2 is 1.94 bits per heavy atom. The highest BCUT2D eigenvalue weighted by atomic mass is 19.1. The molecule has 0 saturated heterocycles. The third-order valence-electron chi connectivity index (χ3n) is 2.83.